The number of halogens is 2. The van der Waals surface area contributed by atoms with Crippen molar-refractivity contribution in [3.63, 3.8) is 0 Å². The molecule has 90 valence electrons. The van der Waals surface area contributed by atoms with Gasteiger partial charge in [-0.25, -0.2) is 4.39 Å². The van der Waals surface area contributed by atoms with Gasteiger partial charge in [0.1, 0.15) is 5.82 Å². The fourth-order valence-electron chi connectivity index (χ4n) is 1.49. The van der Waals surface area contributed by atoms with E-state index in [4.69, 9.17) is 23.1 Å². The lowest BCUT2D eigenvalue weighted by atomic mass is 10.2. The van der Waals surface area contributed by atoms with Gasteiger partial charge in [-0.3, -0.25) is 0 Å². The molecule has 1 aromatic carbocycles. The first-order chi connectivity index (χ1) is 7.52. The second-order valence-corrected chi connectivity index (χ2v) is 4.35. The molecule has 0 fully saturated rings. The molecule has 0 saturated carbocycles. The summed E-state index contributed by atoms with van der Waals surface area (Å²) < 4.78 is 12.9. The molecule has 5 heteroatoms. The lowest BCUT2D eigenvalue weighted by Gasteiger charge is -2.20. The number of nitrogens with zero attached hydrogens (tertiary/aromatic N) is 1. The molecular formula is C11H17ClFN3. The maximum Gasteiger partial charge on any atom is 0.141 e. The van der Waals surface area contributed by atoms with Crippen LogP contribution in [0, 0.1) is 5.82 Å². The molecule has 16 heavy (non-hydrogen) atoms. The Kier molecular flexibility index (Phi) is 5.15. The van der Waals surface area contributed by atoms with E-state index in [0.29, 0.717) is 19.6 Å². The monoisotopic (exact) mass is 245 g/mol. The Morgan fingerprint density at radius 3 is 2.75 bits per heavy atom. The van der Waals surface area contributed by atoms with Gasteiger partial charge >= 0.3 is 0 Å². The van der Waals surface area contributed by atoms with Crippen LogP contribution in [0.3, 0.4) is 0 Å². The average Bonchev–Trinajstić information content (AvgIpc) is 2.23. The highest BCUT2D eigenvalue weighted by Crippen LogP contribution is 2.16. The molecule has 0 saturated heterocycles. The molecule has 3 nitrogen and oxygen atoms in total. The Hall–Kier alpha value is -0.680. The fraction of sp³-hybridized carbons (Fsp3) is 0.455. The number of benzene rings is 1. The van der Waals surface area contributed by atoms with Crippen LogP contribution in [0.25, 0.3) is 0 Å². The van der Waals surface area contributed by atoms with Crippen LogP contribution in [0.5, 0.6) is 0 Å². The van der Waals surface area contributed by atoms with Crippen LogP contribution in [0.1, 0.15) is 5.56 Å². The maximum atomic E-state index is 12.9. The molecule has 1 rings (SSSR count). The molecule has 0 aliphatic rings. The van der Waals surface area contributed by atoms with Crippen molar-refractivity contribution in [2.75, 3.05) is 20.1 Å². The zero-order valence-electron chi connectivity index (χ0n) is 9.29. The van der Waals surface area contributed by atoms with Crippen LogP contribution in [-0.2, 0) is 6.54 Å². The minimum Gasteiger partial charge on any atom is -0.329 e. The van der Waals surface area contributed by atoms with Crippen LogP contribution in [0.15, 0.2) is 18.2 Å². The van der Waals surface area contributed by atoms with Crippen molar-refractivity contribution < 1.29 is 4.39 Å². The molecule has 0 bridgehead atoms. The zero-order chi connectivity index (χ0) is 12.1. The zero-order valence-corrected chi connectivity index (χ0v) is 10.0. The predicted molar refractivity (Wildman–Crippen MR) is 64.8 cm³/mol. The van der Waals surface area contributed by atoms with Gasteiger partial charge in [-0.1, -0.05) is 17.7 Å². The summed E-state index contributed by atoms with van der Waals surface area (Å²) in [7, 11) is 1.94. The van der Waals surface area contributed by atoms with E-state index >= 15 is 0 Å². The first-order valence-corrected chi connectivity index (χ1v) is 5.49. The van der Waals surface area contributed by atoms with E-state index in [1.54, 1.807) is 12.1 Å². The van der Waals surface area contributed by atoms with Crippen molar-refractivity contribution in [3.8, 4) is 0 Å². The second-order valence-electron chi connectivity index (χ2n) is 3.94. The topological polar surface area (TPSA) is 55.3 Å². The van der Waals surface area contributed by atoms with Crippen molar-refractivity contribution in [2.45, 2.75) is 12.6 Å². The molecule has 0 heterocycles. The van der Waals surface area contributed by atoms with Crippen molar-refractivity contribution in [2.24, 2.45) is 11.5 Å². The van der Waals surface area contributed by atoms with E-state index in [9.17, 15) is 4.39 Å². The van der Waals surface area contributed by atoms with Crippen LogP contribution in [-0.4, -0.2) is 31.1 Å². The molecular weight excluding hydrogens is 229 g/mol. The van der Waals surface area contributed by atoms with E-state index < -0.39 is 5.82 Å². The summed E-state index contributed by atoms with van der Waals surface area (Å²) in [6, 6.07) is 4.67. The first kappa shape index (κ1) is 13.4. The SMILES string of the molecule is CN(Cc1ccc(F)c(Cl)c1)CC(N)CN. The third kappa shape index (κ3) is 4.06. The van der Waals surface area contributed by atoms with Gasteiger partial charge < -0.3 is 16.4 Å². The van der Waals surface area contributed by atoms with Crippen molar-refractivity contribution in [1.82, 2.24) is 4.90 Å². The third-order valence-electron chi connectivity index (χ3n) is 2.29. The Labute approximate surface area is 100 Å². The van der Waals surface area contributed by atoms with Gasteiger partial charge in [-0.2, -0.15) is 0 Å². The third-order valence-corrected chi connectivity index (χ3v) is 2.58. The van der Waals surface area contributed by atoms with Gasteiger partial charge in [0.25, 0.3) is 0 Å². The van der Waals surface area contributed by atoms with E-state index in [0.717, 1.165) is 5.56 Å². The minimum atomic E-state index is -0.397. The minimum absolute atomic E-state index is 0.0408. The van der Waals surface area contributed by atoms with E-state index in [2.05, 4.69) is 0 Å². The quantitative estimate of drug-likeness (QED) is 0.820. The summed E-state index contributed by atoms with van der Waals surface area (Å²) in [5, 5.41) is 0.147. The number of rotatable bonds is 5. The molecule has 0 aliphatic carbocycles. The number of hydrogen-bond acceptors (Lipinski definition) is 3. The normalized spacial score (nSPS) is 13.1. The molecule has 1 aromatic rings. The molecule has 0 radical (unpaired) electrons. The Morgan fingerprint density at radius 2 is 2.19 bits per heavy atom. The van der Waals surface area contributed by atoms with Gasteiger partial charge in [0.15, 0.2) is 0 Å². The average molecular weight is 246 g/mol. The van der Waals surface area contributed by atoms with E-state index in [1.807, 2.05) is 11.9 Å². The number of hydrogen-bond donors (Lipinski definition) is 2. The van der Waals surface area contributed by atoms with Gasteiger partial charge in [0.05, 0.1) is 5.02 Å². The molecule has 0 spiro atoms. The maximum absolute atomic E-state index is 12.9. The molecule has 0 aliphatic heterocycles. The van der Waals surface area contributed by atoms with E-state index in [-0.39, 0.29) is 11.1 Å². The van der Waals surface area contributed by atoms with E-state index in [1.165, 1.54) is 6.07 Å². The summed E-state index contributed by atoms with van der Waals surface area (Å²) in [4.78, 5) is 2.03. The Morgan fingerprint density at radius 1 is 1.50 bits per heavy atom. The number of likely N-dealkylation sites (N-methyl/N-ethyl adjacent to an activating group) is 1. The predicted octanol–water partition coefficient (Wildman–Crippen LogP) is 1.20. The Balaban J connectivity index is 2.56. The van der Waals surface area contributed by atoms with Gasteiger partial charge in [-0.15, -0.1) is 0 Å². The van der Waals surface area contributed by atoms with Crippen molar-refractivity contribution >= 4 is 11.6 Å². The van der Waals surface area contributed by atoms with Crippen LogP contribution < -0.4 is 11.5 Å². The summed E-state index contributed by atoms with van der Waals surface area (Å²) in [5.41, 5.74) is 12.1. The van der Waals surface area contributed by atoms with Crippen molar-refractivity contribution in [1.29, 1.82) is 0 Å². The fourth-order valence-corrected chi connectivity index (χ4v) is 1.69. The highest BCUT2D eigenvalue weighted by molar-refractivity contribution is 6.30. The molecule has 4 N–H and O–H groups in total. The molecule has 1 unspecified atom stereocenters. The molecule has 1 atom stereocenters. The van der Waals surface area contributed by atoms with Gasteiger partial charge in [0, 0.05) is 25.7 Å². The summed E-state index contributed by atoms with van der Waals surface area (Å²) >= 11 is 5.69. The number of nitrogens with two attached hydrogens (primary N) is 2. The van der Waals surface area contributed by atoms with Crippen molar-refractivity contribution in [3.05, 3.63) is 34.6 Å². The smallest absolute Gasteiger partial charge is 0.141 e. The largest absolute Gasteiger partial charge is 0.329 e. The summed E-state index contributed by atoms with van der Waals surface area (Å²) in [5.74, 6) is -0.397. The molecule has 0 amide bonds. The lowest BCUT2D eigenvalue weighted by molar-refractivity contribution is 0.305. The van der Waals surface area contributed by atoms with Gasteiger partial charge in [0.2, 0.25) is 0 Å². The van der Waals surface area contributed by atoms with Crippen LogP contribution in [0.2, 0.25) is 5.02 Å². The van der Waals surface area contributed by atoms with Crippen LogP contribution in [0.4, 0.5) is 4.39 Å². The lowest BCUT2D eigenvalue weighted by Crippen LogP contribution is -2.40. The van der Waals surface area contributed by atoms with Gasteiger partial charge in [-0.05, 0) is 24.7 Å². The highest BCUT2D eigenvalue weighted by atomic mass is 35.5. The van der Waals surface area contributed by atoms with Crippen LogP contribution >= 0.6 is 11.6 Å². The molecule has 0 aromatic heterocycles. The summed E-state index contributed by atoms with van der Waals surface area (Å²) in [6.45, 7) is 1.83. The second kappa shape index (κ2) is 6.15. The highest BCUT2D eigenvalue weighted by Gasteiger charge is 2.07. The summed E-state index contributed by atoms with van der Waals surface area (Å²) in [6.07, 6.45) is 0. The first-order valence-electron chi connectivity index (χ1n) is 5.11. The standard InChI is InChI=1S/C11H17ClFN3/c1-16(7-9(15)5-14)6-8-2-3-11(13)10(12)4-8/h2-4,9H,5-7,14-15H2,1H3. The Bertz CT molecular complexity index is 346.